The van der Waals surface area contributed by atoms with E-state index in [0.29, 0.717) is 24.1 Å². The fraction of sp³-hybridized carbons (Fsp3) is 0.524. The standard InChI is InChI=1S/C21H28N6O2/c1-21(2,3)17-12-27-18(23-17)5-6-19(24-27)29-13-15-7-9-26(10-8-15)20(28)16-11-25(4)14-22-16/h5-6,11-12,14-15H,7-10,13H2,1-4H3. The number of nitrogens with zero attached hydrogens (tertiary/aromatic N) is 6. The first kappa shape index (κ1) is 19.4. The molecule has 29 heavy (non-hydrogen) atoms. The first-order chi connectivity index (χ1) is 13.8. The van der Waals surface area contributed by atoms with Crippen LogP contribution < -0.4 is 4.74 Å². The Balaban J connectivity index is 1.31. The molecular formula is C21H28N6O2. The minimum atomic E-state index is -0.0185. The van der Waals surface area contributed by atoms with Crippen molar-refractivity contribution in [3.8, 4) is 5.88 Å². The summed E-state index contributed by atoms with van der Waals surface area (Å²) in [6.45, 7) is 8.47. The van der Waals surface area contributed by atoms with Crippen molar-refractivity contribution in [2.24, 2.45) is 13.0 Å². The van der Waals surface area contributed by atoms with Gasteiger partial charge in [0.15, 0.2) is 5.65 Å². The van der Waals surface area contributed by atoms with Gasteiger partial charge in [-0.25, -0.2) is 14.5 Å². The summed E-state index contributed by atoms with van der Waals surface area (Å²) in [5.41, 5.74) is 2.32. The maximum absolute atomic E-state index is 12.5. The molecule has 8 nitrogen and oxygen atoms in total. The number of imidazole rings is 2. The van der Waals surface area contributed by atoms with Crippen LogP contribution in [0.2, 0.25) is 0 Å². The summed E-state index contributed by atoms with van der Waals surface area (Å²) in [5, 5.41) is 4.54. The van der Waals surface area contributed by atoms with E-state index in [-0.39, 0.29) is 11.3 Å². The molecule has 0 radical (unpaired) electrons. The highest BCUT2D eigenvalue weighted by atomic mass is 16.5. The number of ether oxygens (including phenoxy) is 1. The Morgan fingerprint density at radius 2 is 1.97 bits per heavy atom. The predicted octanol–water partition coefficient (Wildman–Crippen LogP) is 2.69. The van der Waals surface area contributed by atoms with Gasteiger partial charge in [-0.1, -0.05) is 20.8 Å². The number of likely N-dealkylation sites (tertiary alicyclic amines) is 1. The van der Waals surface area contributed by atoms with Crippen molar-refractivity contribution in [1.82, 2.24) is 29.0 Å². The molecule has 0 bridgehead atoms. The van der Waals surface area contributed by atoms with Crippen molar-refractivity contribution in [1.29, 1.82) is 0 Å². The SMILES string of the molecule is Cn1cnc(C(=O)N2CCC(COc3ccc4nc(C(C)(C)C)cn4n3)CC2)c1. The highest BCUT2D eigenvalue weighted by Gasteiger charge is 2.25. The first-order valence-electron chi connectivity index (χ1n) is 10.1. The van der Waals surface area contributed by atoms with Crippen LogP contribution in [0.15, 0.2) is 30.9 Å². The number of carbonyl (C=O) groups excluding carboxylic acids is 1. The van der Waals surface area contributed by atoms with Crippen LogP contribution in [0.1, 0.15) is 49.8 Å². The van der Waals surface area contributed by atoms with Gasteiger partial charge in [-0.15, -0.1) is 5.10 Å². The second-order valence-corrected chi connectivity index (χ2v) is 8.82. The lowest BCUT2D eigenvalue weighted by molar-refractivity contribution is 0.0653. The number of piperidine rings is 1. The molecule has 0 spiro atoms. The third-order valence-electron chi connectivity index (χ3n) is 5.36. The van der Waals surface area contributed by atoms with Crippen molar-refractivity contribution in [3.05, 3.63) is 42.2 Å². The second-order valence-electron chi connectivity index (χ2n) is 8.82. The fourth-order valence-corrected chi connectivity index (χ4v) is 3.49. The molecule has 0 unspecified atom stereocenters. The lowest BCUT2D eigenvalue weighted by atomic mass is 9.93. The monoisotopic (exact) mass is 396 g/mol. The van der Waals surface area contributed by atoms with Crippen molar-refractivity contribution in [2.45, 2.75) is 39.0 Å². The minimum absolute atomic E-state index is 0.00634. The van der Waals surface area contributed by atoms with E-state index in [1.54, 1.807) is 21.6 Å². The molecule has 1 aliphatic rings. The zero-order chi connectivity index (χ0) is 20.6. The maximum Gasteiger partial charge on any atom is 0.274 e. The molecule has 0 atom stereocenters. The molecule has 4 heterocycles. The number of rotatable bonds is 4. The van der Waals surface area contributed by atoms with Crippen LogP contribution in [0.4, 0.5) is 0 Å². The van der Waals surface area contributed by atoms with Gasteiger partial charge in [-0.05, 0) is 24.8 Å². The van der Waals surface area contributed by atoms with Gasteiger partial charge in [0.2, 0.25) is 5.88 Å². The van der Waals surface area contributed by atoms with Gasteiger partial charge >= 0.3 is 0 Å². The predicted molar refractivity (Wildman–Crippen MR) is 109 cm³/mol. The van der Waals surface area contributed by atoms with Crippen molar-refractivity contribution in [3.63, 3.8) is 0 Å². The van der Waals surface area contributed by atoms with Crippen molar-refractivity contribution >= 4 is 11.6 Å². The molecule has 1 amide bonds. The van der Waals surface area contributed by atoms with Crippen LogP contribution in [0.25, 0.3) is 5.65 Å². The van der Waals surface area contributed by atoms with E-state index in [0.717, 1.165) is 37.3 Å². The Morgan fingerprint density at radius 1 is 1.21 bits per heavy atom. The van der Waals surface area contributed by atoms with E-state index in [2.05, 4.69) is 35.8 Å². The van der Waals surface area contributed by atoms with Gasteiger partial charge < -0.3 is 14.2 Å². The number of carbonyl (C=O) groups is 1. The first-order valence-corrected chi connectivity index (χ1v) is 10.1. The summed E-state index contributed by atoms with van der Waals surface area (Å²) < 4.78 is 9.53. The summed E-state index contributed by atoms with van der Waals surface area (Å²) >= 11 is 0. The number of fused-ring (bicyclic) bond motifs is 1. The third-order valence-corrected chi connectivity index (χ3v) is 5.36. The summed E-state index contributed by atoms with van der Waals surface area (Å²) in [7, 11) is 1.87. The lowest BCUT2D eigenvalue weighted by Gasteiger charge is -2.31. The molecular weight excluding hydrogens is 368 g/mol. The number of aromatic nitrogens is 5. The molecule has 3 aromatic rings. The third kappa shape index (κ3) is 4.26. The molecule has 1 saturated heterocycles. The van der Waals surface area contributed by atoms with E-state index >= 15 is 0 Å². The summed E-state index contributed by atoms with van der Waals surface area (Å²) in [6.07, 6.45) is 7.22. The molecule has 0 aliphatic carbocycles. The molecule has 1 fully saturated rings. The molecule has 0 N–H and O–H groups in total. The molecule has 1 aliphatic heterocycles. The highest BCUT2D eigenvalue weighted by molar-refractivity contribution is 5.92. The van der Waals surface area contributed by atoms with E-state index < -0.39 is 0 Å². The van der Waals surface area contributed by atoms with Crippen LogP contribution >= 0.6 is 0 Å². The van der Waals surface area contributed by atoms with Crippen LogP contribution in [-0.4, -0.2) is 54.7 Å². The van der Waals surface area contributed by atoms with Crippen molar-refractivity contribution < 1.29 is 9.53 Å². The van der Waals surface area contributed by atoms with Crippen LogP contribution in [0.3, 0.4) is 0 Å². The van der Waals surface area contributed by atoms with Gasteiger partial charge in [0.25, 0.3) is 5.91 Å². The fourth-order valence-electron chi connectivity index (χ4n) is 3.49. The Labute approximate surface area is 170 Å². The Bertz CT molecular complexity index is 1010. The van der Waals surface area contributed by atoms with Gasteiger partial charge in [-0.2, -0.15) is 0 Å². The van der Waals surface area contributed by atoms with E-state index in [1.165, 1.54) is 0 Å². The second kappa shape index (κ2) is 7.50. The van der Waals surface area contributed by atoms with E-state index in [9.17, 15) is 4.79 Å². The topological polar surface area (TPSA) is 77.5 Å². The molecule has 4 rings (SSSR count). The quantitative estimate of drug-likeness (QED) is 0.678. The van der Waals surface area contributed by atoms with Gasteiger partial charge in [-0.3, -0.25) is 4.79 Å². The lowest BCUT2D eigenvalue weighted by Crippen LogP contribution is -2.39. The van der Waals surface area contributed by atoms with E-state index in [1.807, 2.05) is 30.3 Å². The van der Waals surface area contributed by atoms with Crippen molar-refractivity contribution in [2.75, 3.05) is 19.7 Å². The molecule has 0 saturated carbocycles. The Morgan fingerprint density at radius 3 is 2.62 bits per heavy atom. The maximum atomic E-state index is 12.5. The van der Waals surface area contributed by atoms with Gasteiger partial charge in [0.1, 0.15) is 5.69 Å². The van der Waals surface area contributed by atoms with Crippen LogP contribution in [0, 0.1) is 5.92 Å². The number of hydrogen-bond donors (Lipinski definition) is 0. The zero-order valence-corrected chi connectivity index (χ0v) is 17.5. The molecule has 3 aromatic heterocycles. The van der Waals surface area contributed by atoms with E-state index in [4.69, 9.17) is 4.74 Å². The Hall–Kier alpha value is -2.90. The summed E-state index contributed by atoms with van der Waals surface area (Å²) in [5.74, 6) is 1.02. The molecule has 8 heteroatoms. The van der Waals surface area contributed by atoms with Gasteiger partial charge in [0.05, 0.1) is 24.8 Å². The average Bonchev–Trinajstić information content (AvgIpc) is 3.32. The number of amides is 1. The smallest absolute Gasteiger partial charge is 0.274 e. The summed E-state index contributed by atoms with van der Waals surface area (Å²) in [4.78, 5) is 23.2. The van der Waals surface area contributed by atoms with Gasteiger partial charge in [0, 0.05) is 37.8 Å². The van der Waals surface area contributed by atoms with Crippen LogP contribution in [-0.2, 0) is 12.5 Å². The number of aryl methyl sites for hydroxylation is 1. The Kier molecular flexibility index (Phi) is 5.02. The largest absolute Gasteiger partial charge is 0.476 e. The highest BCUT2D eigenvalue weighted by Crippen LogP contribution is 2.23. The number of hydrogen-bond acceptors (Lipinski definition) is 5. The normalized spacial score (nSPS) is 15.8. The molecule has 154 valence electrons. The minimum Gasteiger partial charge on any atom is -0.476 e. The zero-order valence-electron chi connectivity index (χ0n) is 17.5. The summed E-state index contributed by atoms with van der Waals surface area (Å²) in [6, 6.07) is 3.81. The van der Waals surface area contributed by atoms with Crippen LogP contribution in [0.5, 0.6) is 5.88 Å². The molecule has 0 aromatic carbocycles. The average molecular weight is 396 g/mol.